The first kappa shape index (κ1) is 11.5. The van der Waals surface area contributed by atoms with E-state index in [1.165, 1.54) is 19.4 Å². The molecule has 0 aliphatic carbocycles. The van der Waals surface area contributed by atoms with Crippen LogP contribution in [0.3, 0.4) is 0 Å². The van der Waals surface area contributed by atoms with Gasteiger partial charge in [0.15, 0.2) is 2.12 Å². The fourth-order valence-electron chi connectivity index (χ4n) is 1.58. The number of halogens is 2. The van der Waals surface area contributed by atoms with Gasteiger partial charge in [-0.3, -0.25) is 4.90 Å². The zero-order valence-electron chi connectivity index (χ0n) is 7.52. The molecule has 72 valence electrons. The van der Waals surface area contributed by atoms with Crippen molar-refractivity contribution in [1.82, 2.24) is 4.90 Å². The number of hydrogen-bond acceptors (Lipinski definition) is 2. The minimum absolute atomic E-state index is 0.286. The van der Waals surface area contributed by atoms with Gasteiger partial charge in [-0.1, -0.05) is 0 Å². The molecule has 1 aliphatic heterocycles. The second-order valence-electron chi connectivity index (χ2n) is 3.59. The van der Waals surface area contributed by atoms with Crippen LogP contribution < -0.4 is 0 Å². The Bertz CT molecular complexity index is 154. The second-order valence-corrected chi connectivity index (χ2v) is 8.24. The van der Waals surface area contributed by atoms with Crippen LogP contribution in [0.4, 0.5) is 0 Å². The molecule has 2 nitrogen and oxygen atoms in total. The van der Waals surface area contributed by atoms with Gasteiger partial charge in [0.2, 0.25) is 0 Å². The molecule has 0 aromatic heterocycles. The Hall–Kier alpha value is 1.38. The van der Waals surface area contributed by atoms with Gasteiger partial charge in [-0.15, -0.1) is 0 Å². The van der Waals surface area contributed by atoms with Crippen molar-refractivity contribution in [1.29, 1.82) is 0 Å². The van der Waals surface area contributed by atoms with Crippen molar-refractivity contribution < 1.29 is 4.74 Å². The molecule has 1 fully saturated rings. The molecule has 0 aromatic rings. The third-order valence-electron chi connectivity index (χ3n) is 2.65. The molecule has 1 atom stereocenters. The molecule has 0 unspecified atom stereocenters. The lowest BCUT2D eigenvalue weighted by Gasteiger charge is -2.32. The zero-order valence-corrected chi connectivity index (χ0v) is 11.8. The molecule has 1 rings (SSSR count). The molecule has 1 aliphatic rings. The van der Waals surface area contributed by atoms with Crippen LogP contribution in [0.5, 0.6) is 0 Å². The lowest BCUT2D eigenvalue weighted by Crippen LogP contribution is -2.42. The van der Waals surface area contributed by atoms with Gasteiger partial charge in [0.25, 0.3) is 0 Å². The number of rotatable bonds is 3. The molecular weight excluding hydrogens is 380 g/mol. The van der Waals surface area contributed by atoms with Gasteiger partial charge >= 0.3 is 0 Å². The molecule has 0 saturated carbocycles. The molecule has 1 saturated heterocycles. The van der Waals surface area contributed by atoms with Gasteiger partial charge in [0.05, 0.1) is 6.61 Å². The average Bonchev–Trinajstić information content (AvgIpc) is 2.30. The van der Waals surface area contributed by atoms with Crippen molar-refractivity contribution in [2.45, 2.75) is 27.4 Å². The summed E-state index contributed by atoms with van der Waals surface area (Å²) in [5, 5.41) is 0. The highest BCUT2D eigenvalue weighted by Gasteiger charge is 2.34. The number of hydrogen-bond donors (Lipinski definition) is 0. The summed E-state index contributed by atoms with van der Waals surface area (Å²) in [6.07, 6.45) is 2.58. The lowest BCUT2D eigenvalue weighted by atomic mass is 10.0. The molecule has 12 heavy (non-hydrogen) atoms. The number of alkyl halides is 2. The van der Waals surface area contributed by atoms with Crippen molar-refractivity contribution in [3.8, 4) is 0 Å². The predicted octanol–water partition coefficient (Wildman–Crippen LogP) is 2.64. The summed E-state index contributed by atoms with van der Waals surface area (Å²) >= 11 is 4.58. The quantitative estimate of drug-likeness (QED) is 0.539. The van der Waals surface area contributed by atoms with E-state index in [1.807, 2.05) is 0 Å². The predicted molar refractivity (Wildman–Crippen MR) is 68.0 cm³/mol. The molecule has 4 heteroatoms. The molecule has 1 heterocycles. The van der Waals surface area contributed by atoms with Crippen molar-refractivity contribution >= 4 is 45.2 Å². The maximum atomic E-state index is 5.63. The number of ether oxygens (including phenoxy) is 1. The maximum Gasteiger partial charge on any atom is 0.159 e. The Morgan fingerprint density at radius 2 is 2.25 bits per heavy atom. The minimum atomic E-state index is 0.286. The summed E-state index contributed by atoms with van der Waals surface area (Å²) in [6, 6.07) is 0. The summed E-state index contributed by atoms with van der Waals surface area (Å²) in [5.41, 5.74) is 0.286. The van der Waals surface area contributed by atoms with Gasteiger partial charge in [-0.2, -0.15) is 0 Å². The first-order valence-electron chi connectivity index (χ1n) is 4.15. The largest absolute Gasteiger partial charge is 0.356 e. The fraction of sp³-hybridized carbons (Fsp3) is 1.00. The highest BCUT2D eigenvalue weighted by Crippen LogP contribution is 2.28. The van der Waals surface area contributed by atoms with E-state index in [9.17, 15) is 0 Å². The minimum Gasteiger partial charge on any atom is -0.356 e. The summed E-state index contributed by atoms with van der Waals surface area (Å²) in [4.78, 5) is 2.41. The van der Waals surface area contributed by atoms with Crippen LogP contribution in [0.2, 0.25) is 0 Å². The molecular formula is C8H15I2NO. The Kier molecular flexibility index (Phi) is 4.53. The van der Waals surface area contributed by atoms with E-state index in [4.69, 9.17) is 4.74 Å². The van der Waals surface area contributed by atoms with Crippen LogP contribution in [-0.2, 0) is 4.74 Å². The zero-order chi connectivity index (χ0) is 9.19. The smallest absolute Gasteiger partial charge is 0.159 e. The highest BCUT2D eigenvalue weighted by molar-refractivity contribution is 14.2. The van der Waals surface area contributed by atoms with E-state index < -0.39 is 0 Å². The van der Waals surface area contributed by atoms with Crippen molar-refractivity contribution in [2.75, 3.05) is 20.2 Å². The van der Waals surface area contributed by atoms with Crippen molar-refractivity contribution in [3.05, 3.63) is 0 Å². The third kappa shape index (κ3) is 2.95. The summed E-state index contributed by atoms with van der Waals surface area (Å²) < 4.78 is 5.93. The SMILES string of the molecule is CN1CCC[C@@]1(C)COC(I)I. The lowest BCUT2D eigenvalue weighted by molar-refractivity contribution is 0.0574. The Morgan fingerprint density at radius 3 is 2.67 bits per heavy atom. The Morgan fingerprint density at radius 1 is 1.58 bits per heavy atom. The molecule has 0 radical (unpaired) electrons. The topological polar surface area (TPSA) is 12.5 Å². The molecule has 0 bridgehead atoms. The normalized spacial score (nSPS) is 31.8. The van der Waals surface area contributed by atoms with Gasteiger partial charge < -0.3 is 4.74 Å². The van der Waals surface area contributed by atoms with Gasteiger partial charge in [-0.05, 0) is 78.5 Å². The van der Waals surface area contributed by atoms with Crippen LogP contribution in [-0.4, -0.2) is 32.8 Å². The van der Waals surface area contributed by atoms with Crippen LogP contribution >= 0.6 is 45.2 Å². The Labute approximate surface area is 102 Å². The van der Waals surface area contributed by atoms with Crippen LogP contribution in [0, 0.1) is 0 Å². The van der Waals surface area contributed by atoms with E-state index in [1.54, 1.807) is 0 Å². The third-order valence-corrected chi connectivity index (χ3v) is 3.37. The number of nitrogens with zero attached hydrogens (tertiary/aromatic N) is 1. The van der Waals surface area contributed by atoms with E-state index in [0.717, 1.165) is 6.61 Å². The second kappa shape index (κ2) is 4.75. The fourth-order valence-corrected chi connectivity index (χ4v) is 1.94. The van der Waals surface area contributed by atoms with E-state index in [0.29, 0.717) is 2.12 Å². The number of likely N-dealkylation sites (tertiary alicyclic amines) is 1. The summed E-state index contributed by atoms with van der Waals surface area (Å²) in [5.74, 6) is 0. The van der Waals surface area contributed by atoms with Crippen LogP contribution in [0.25, 0.3) is 0 Å². The molecule has 0 N–H and O–H groups in total. The Balaban J connectivity index is 2.37. The van der Waals surface area contributed by atoms with Gasteiger partial charge in [0.1, 0.15) is 0 Å². The maximum absolute atomic E-state index is 5.63. The first-order chi connectivity index (χ1) is 5.54. The average molecular weight is 395 g/mol. The highest BCUT2D eigenvalue weighted by atomic mass is 127. The van der Waals surface area contributed by atoms with Gasteiger partial charge in [0, 0.05) is 5.54 Å². The van der Waals surface area contributed by atoms with Gasteiger partial charge in [-0.25, -0.2) is 0 Å². The van der Waals surface area contributed by atoms with Crippen LogP contribution in [0.1, 0.15) is 19.8 Å². The van der Waals surface area contributed by atoms with Crippen molar-refractivity contribution in [3.63, 3.8) is 0 Å². The number of likely N-dealkylation sites (N-methyl/N-ethyl adjacent to an activating group) is 1. The first-order valence-corrected chi connectivity index (χ1v) is 6.65. The van der Waals surface area contributed by atoms with E-state index >= 15 is 0 Å². The standard InChI is InChI=1S/C8H15I2NO/c1-8(6-12-7(9)10)4-3-5-11(8)2/h7H,3-6H2,1-2H3/t8-/m0/s1. The molecule has 0 aromatic carbocycles. The van der Waals surface area contributed by atoms with E-state index in [-0.39, 0.29) is 5.54 Å². The summed E-state index contributed by atoms with van der Waals surface area (Å²) in [7, 11) is 2.19. The van der Waals surface area contributed by atoms with Crippen LogP contribution in [0.15, 0.2) is 0 Å². The summed E-state index contributed by atoms with van der Waals surface area (Å²) in [6.45, 7) is 4.36. The van der Waals surface area contributed by atoms with E-state index in [2.05, 4.69) is 64.1 Å². The molecule has 0 spiro atoms. The molecule has 0 amide bonds. The monoisotopic (exact) mass is 395 g/mol. The van der Waals surface area contributed by atoms with Crippen molar-refractivity contribution in [2.24, 2.45) is 0 Å².